The maximum Gasteiger partial charge on any atom is 0.269 e. The Morgan fingerprint density at radius 2 is 2.23 bits per heavy atom. The Labute approximate surface area is 129 Å². The fraction of sp³-hybridized carbons (Fsp3) is 0.533. The molecule has 1 heterocycles. The van der Waals surface area contributed by atoms with Crippen LogP contribution in [-0.2, 0) is 4.79 Å². The molecule has 2 unspecified atom stereocenters. The summed E-state index contributed by atoms with van der Waals surface area (Å²) < 4.78 is 0. The van der Waals surface area contributed by atoms with Crippen molar-refractivity contribution in [3.8, 4) is 0 Å². The van der Waals surface area contributed by atoms with Gasteiger partial charge in [-0.1, -0.05) is 26.0 Å². The predicted octanol–water partition coefficient (Wildman–Crippen LogP) is 1.08. The first kappa shape index (κ1) is 16.4. The van der Waals surface area contributed by atoms with E-state index in [1.54, 1.807) is 12.1 Å². The average molecular weight is 307 g/mol. The number of hydrogen-bond acceptors (Lipinski definition) is 5. The monoisotopic (exact) mass is 307 g/mol. The lowest BCUT2D eigenvalue weighted by atomic mass is 9.98. The van der Waals surface area contributed by atoms with E-state index in [4.69, 9.17) is 0 Å². The molecule has 2 rings (SSSR count). The Balaban J connectivity index is 2.13. The van der Waals surface area contributed by atoms with E-state index in [2.05, 4.69) is 5.32 Å². The number of nitrogens with zero attached hydrogens (tertiary/aromatic N) is 2. The predicted molar refractivity (Wildman–Crippen MR) is 81.3 cm³/mol. The summed E-state index contributed by atoms with van der Waals surface area (Å²) in [4.78, 5) is 24.2. The number of hydrogen-bond donors (Lipinski definition) is 2. The first-order chi connectivity index (χ1) is 10.4. The van der Waals surface area contributed by atoms with Gasteiger partial charge in [0.05, 0.1) is 17.1 Å². The summed E-state index contributed by atoms with van der Waals surface area (Å²) in [5.41, 5.74) is 0.441. The molecule has 1 aliphatic rings. The Morgan fingerprint density at radius 3 is 2.86 bits per heavy atom. The molecule has 1 aromatic carbocycles. The maximum atomic E-state index is 12.0. The molecule has 2 atom stereocenters. The third-order valence-electron chi connectivity index (χ3n) is 3.86. The summed E-state index contributed by atoms with van der Waals surface area (Å²) in [6.07, 6.45) is -0.868. The Hall–Kier alpha value is -1.99. The number of carbonyl (C=O) groups is 1. The highest BCUT2D eigenvalue weighted by molar-refractivity contribution is 5.82. The van der Waals surface area contributed by atoms with Crippen LogP contribution in [0.15, 0.2) is 24.3 Å². The van der Waals surface area contributed by atoms with Crippen molar-refractivity contribution in [2.24, 2.45) is 5.92 Å². The van der Waals surface area contributed by atoms with Crippen molar-refractivity contribution >= 4 is 11.6 Å². The number of aliphatic hydroxyl groups is 1. The third kappa shape index (κ3) is 3.61. The standard InChI is InChI=1S/C15H21N3O4/c1-10(2)14-15(20)16-6-7-17(14)9-13(19)11-4-3-5-12(8-11)18(21)22/h3-5,8,10,13-14,19H,6-7,9H2,1-2H3,(H,16,20). The van der Waals surface area contributed by atoms with Crippen LogP contribution in [0.5, 0.6) is 0 Å². The Morgan fingerprint density at radius 1 is 1.50 bits per heavy atom. The number of benzene rings is 1. The molecule has 0 spiro atoms. The van der Waals surface area contributed by atoms with Gasteiger partial charge in [0.15, 0.2) is 0 Å². The molecule has 0 aliphatic carbocycles. The molecule has 1 amide bonds. The summed E-state index contributed by atoms with van der Waals surface area (Å²) >= 11 is 0. The van der Waals surface area contributed by atoms with Crippen LogP contribution < -0.4 is 5.32 Å². The quantitative estimate of drug-likeness (QED) is 0.627. The zero-order valence-corrected chi connectivity index (χ0v) is 12.7. The fourth-order valence-corrected chi connectivity index (χ4v) is 2.83. The molecule has 0 bridgehead atoms. The summed E-state index contributed by atoms with van der Waals surface area (Å²) in [7, 11) is 0. The topological polar surface area (TPSA) is 95.7 Å². The smallest absolute Gasteiger partial charge is 0.269 e. The van der Waals surface area contributed by atoms with Gasteiger partial charge in [-0.2, -0.15) is 0 Å². The zero-order chi connectivity index (χ0) is 16.3. The molecule has 1 aromatic rings. The lowest BCUT2D eigenvalue weighted by Crippen LogP contribution is -2.58. The largest absolute Gasteiger partial charge is 0.387 e. The molecule has 0 saturated carbocycles. The second kappa shape index (κ2) is 6.85. The van der Waals surface area contributed by atoms with Crippen molar-refractivity contribution in [1.82, 2.24) is 10.2 Å². The van der Waals surface area contributed by atoms with Crippen molar-refractivity contribution in [2.45, 2.75) is 26.0 Å². The molecule has 0 radical (unpaired) electrons. The van der Waals surface area contributed by atoms with Crippen LogP contribution in [0.3, 0.4) is 0 Å². The molecule has 1 fully saturated rings. The van der Waals surface area contributed by atoms with E-state index in [1.807, 2.05) is 18.7 Å². The zero-order valence-electron chi connectivity index (χ0n) is 12.7. The molecule has 7 nitrogen and oxygen atoms in total. The Kier molecular flexibility index (Phi) is 5.10. The van der Waals surface area contributed by atoms with Gasteiger partial charge in [0, 0.05) is 31.8 Å². The molecule has 1 aliphatic heterocycles. The van der Waals surface area contributed by atoms with Gasteiger partial charge in [0.1, 0.15) is 0 Å². The summed E-state index contributed by atoms with van der Waals surface area (Å²) in [6.45, 7) is 5.40. The molecule has 0 aromatic heterocycles. The average Bonchev–Trinajstić information content (AvgIpc) is 2.47. The lowest BCUT2D eigenvalue weighted by Gasteiger charge is -2.38. The highest BCUT2D eigenvalue weighted by Crippen LogP contribution is 2.22. The van der Waals surface area contributed by atoms with Crippen molar-refractivity contribution < 1.29 is 14.8 Å². The van der Waals surface area contributed by atoms with Crippen LogP contribution in [0.1, 0.15) is 25.5 Å². The van der Waals surface area contributed by atoms with E-state index in [0.29, 0.717) is 18.7 Å². The minimum atomic E-state index is -0.868. The summed E-state index contributed by atoms with van der Waals surface area (Å²) in [5.74, 6) is 0.0881. The van der Waals surface area contributed by atoms with E-state index < -0.39 is 11.0 Å². The molecular weight excluding hydrogens is 286 g/mol. The highest BCUT2D eigenvalue weighted by Gasteiger charge is 2.33. The molecule has 22 heavy (non-hydrogen) atoms. The van der Waals surface area contributed by atoms with E-state index in [-0.39, 0.29) is 30.1 Å². The maximum absolute atomic E-state index is 12.0. The first-order valence-corrected chi connectivity index (χ1v) is 7.34. The van der Waals surface area contributed by atoms with Gasteiger partial charge in [-0.25, -0.2) is 0 Å². The highest BCUT2D eigenvalue weighted by atomic mass is 16.6. The number of nitro groups is 1. The second-order valence-electron chi connectivity index (χ2n) is 5.84. The van der Waals surface area contributed by atoms with Gasteiger partial charge >= 0.3 is 0 Å². The lowest BCUT2D eigenvalue weighted by molar-refractivity contribution is -0.385. The molecular formula is C15H21N3O4. The van der Waals surface area contributed by atoms with Crippen molar-refractivity contribution in [2.75, 3.05) is 19.6 Å². The second-order valence-corrected chi connectivity index (χ2v) is 5.84. The molecule has 7 heteroatoms. The van der Waals surface area contributed by atoms with Gasteiger partial charge in [0.2, 0.25) is 5.91 Å². The van der Waals surface area contributed by atoms with Gasteiger partial charge in [0.25, 0.3) is 5.69 Å². The third-order valence-corrected chi connectivity index (χ3v) is 3.86. The van der Waals surface area contributed by atoms with Crippen LogP contribution in [0.2, 0.25) is 0 Å². The normalized spacial score (nSPS) is 20.7. The number of amides is 1. The minimum absolute atomic E-state index is 0.0347. The van der Waals surface area contributed by atoms with Crippen molar-refractivity contribution in [3.63, 3.8) is 0 Å². The van der Waals surface area contributed by atoms with Crippen LogP contribution in [0.25, 0.3) is 0 Å². The number of rotatable bonds is 5. The number of piperazine rings is 1. The number of β-amino-alcohol motifs (C(OH)–C–C–N with tert-alkyl or cyclic N) is 1. The number of non-ortho nitro benzene ring substituents is 1. The minimum Gasteiger partial charge on any atom is -0.387 e. The summed E-state index contributed by atoms with van der Waals surface area (Å²) in [5, 5.41) is 24.0. The first-order valence-electron chi connectivity index (χ1n) is 7.34. The summed E-state index contributed by atoms with van der Waals surface area (Å²) in [6, 6.07) is 5.69. The van der Waals surface area contributed by atoms with E-state index in [9.17, 15) is 20.0 Å². The van der Waals surface area contributed by atoms with E-state index in [1.165, 1.54) is 12.1 Å². The number of carbonyl (C=O) groups excluding carboxylic acids is 1. The Bertz CT molecular complexity index is 561. The van der Waals surface area contributed by atoms with Crippen LogP contribution in [0.4, 0.5) is 5.69 Å². The number of nitro benzene ring substituents is 1. The van der Waals surface area contributed by atoms with Gasteiger partial charge < -0.3 is 10.4 Å². The van der Waals surface area contributed by atoms with Gasteiger partial charge in [-0.3, -0.25) is 19.8 Å². The van der Waals surface area contributed by atoms with Gasteiger partial charge in [-0.15, -0.1) is 0 Å². The van der Waals surface area contributed by atoms with Gasteiger partial charge in [-0.05, 0) is 11.5 Å². The molecule has 120 valence electrons. The van der Waals surface area contributed by atoms with Crippen LogP contribution in [-0.4, -0.2) is 46.5 Å². The van der Waals surface area contributed by atoms with Crippen molar-refractivity contribution in [1.29, 1.82) is 0 Å². The fourth-order valence-electron chi connectivity index (χ4n) is 2.83. The number of aliphatic hydroxyl groups excluding tert-OH is 1. The van der Waals surface area contributed by atoms with E-state index in [0.717, 1.165) is 0 Å². The van der Waals surface area contributed by atoms with Crippen molar-refractivity contribution in [3.05, 3.63) is 39.9 Å². The van der Waals surface area contributed by atoms with Crippen LogP contribution >= 0.6 is 0 Å². The number of nitrogens with one attached hydrogen (secondary N) is 1. The van der Waals surface area contributed by atoms with E-state index >= 15 is 0 Å². The molecule has 2 N–H and O–H groups in total. The molecule has 1 saturated heterocycles. The SMILES string of the molecule is CC(C)C1C(=O)NCCN1CC(O)c1cccc([N+](=O)[O-])c1. The van der Waals surface area contributed by atoms with Crippen LogP contribution in [0, 0.1) is 16.0 Å².